The summed E-state index contributed by atoms with van der Waals surface area (Å²) in [5.74, 6) is -0.112. The molecule has 149 valence electrons. The van der Waals surface area contributed by atoms with Gasteiger partial charge in [0.1, 0.15) is 5.82 Å². The molecule has 0 bridgehead atoms. The van der Waals surface area contributed by atoms with E-state index in [0.29, 0.717) is 16.6 Å². The number of amidine groups is 1. The summed E-state index contributed by atoms with van der Waals surface area (Å²) < 4.78 is 15.6. The van der Waals surface area contributed by atoms with E-state index < -0.39 is 5.82 Å². The Morgan fingerprint density at radius 1 is 1.32 bits per heavy atom. The number of nitrogens with zero attached hydrogens (tertiary/aromatic N) is 4. The molecule has 11 heteroatoms. The fourth-order valence-corrected chi connectivity index (χ4v) is 2.84. The molecule has 1 N–H and O–H groups in total. The topological polar surface area (TPSA) is 71.6 Å². The summed E-state index contributed by atoms with van der Waals surface area (Å²) in [5.41, 5.74) is 3.31. The number of hydrogen-bond donors (Lipinski definition) is 1. The molecule has 0 unspecified atom stereocenters. The zero-order valence-electron chi connectivity index (χ0n) is 14.2. The minimum atomic E-state index is -0.392. The molecule has 0 aliphatic carbocycles. The van der Waals surface area contributed by atoms with E-state index in [9.17, 15) is 9.18 Å². The Bertz CT molecular complexity index is 1090. The molecule has 3 aromatic rings. The number of nitrogens with one attached hydrogen (secondary N) is 1. The van der Waals surface area contributed by atoms with Crippen LogP contribution < -0.4 is 11.0 Å². The van der Waals surface area contributed by atoms with Crippen LogP contribution in [-0.4, -0.2) is 28.0 Å². The second-order valence-corrected chi connectivity index (χ2v) is 6.78. The quantitative estimate of drug-likeness (QED) is 0.129. The van der Waals surface area contributed by atoms with E-state index in [0.717, 1.165) is 3.57 Å². The van der Waals surface area contributed by atoms with Gasteiger partial charge in [0.2, 0.25) is 0 Å². The first-order valence-corrected chi connectivity index (χ1v) is 10.3. The number of benzene rings is 2. The van der Waals surface area contributed by atoms with Gasteiger partial charge < -0.3 is 12.6 Å². The normalized spacial score (nSPS) is 11.4. The molecule has 2 aromatic carbocycles. The molecule has 0 spiro atoms. The summed E-state index contributed by atoms with van der Waals surface area (Å²) in [4.78, 5) is 21.3. The van der Waals surface area contributed by atoms with Gasteiger partial charge in [-0.3, -0.25) is 19.8 Å². The van der Waals surface area contributed by atoms with Gasteiger partial charge in [0.15, 0.2) is 5.82 Å². The molecule has 0 fully saturated rings. The number of halogens is 3. The van der Waals surface area contributed by atoms with Crippen molar-refractivity contribution in [3.8, 4) is 5.69 Å². The van der Waals surface area contributed by atoms with Crippen molar-refractivity contribution in [1.82, 2.24) is 15.0 Å². The Kier molecular flexibility index (Phi) is 8.77. The molecule has 0 aliphatic heterocycles. The minimum absolute atomic E-state index is 0.201. The Morgan fingerprint density at radius 2 is 2.00 bits per heavy atom. The standard InChI is InChI=1S/C17H13FIN5OS.ClH.Cu/c1-20-17(26)23-21-9-15-22-14-7-4-11(19)8-13(14)16(25)24(15)12-5-2-10(18)3-6-12;;/h2-9H,1H3,(H2,20,23,26);1H;/q;;+2/p-2/b21-9+;;. The van der Waals surface area contributed by atoms with E-state index in [2.05, 4.69) is 68.3 Å². The molecule has 0 atom stereocenters. The van der Waals surface area contributed by atoms with Crippen molar-refractivity contribution in [1.29, 1.82) is 0 Å². The van der Waals surface area contributed by atoms with Crippen LogP contribution in [0.25, 0.3) is 16.6 Å². The van der Waals surface area contributed by atoms with Crippen molar-refractivity contribution >= 4 is 67.6 Å². The van der Waals surface area contributed by atoms with Crippen LogP contribution in [0.3, 0.4) is 0 Å². The zero-order chi connectivity index (χ0) is 20.7. The first-order chi connectivity index (χ1) is 13.5. The third kappa shape index (κ3) is 5.48. The Labute approximate surface area is 191 Å². The van der Waals surface area contributed by atoms with Crippen molar-refractivity contribution in [2.45, 2.75) is 0 Å². The van der Waals surface area contributed by atoms with Crippen LogP contribution in [0.15, 0.2) is 57.4 Å². The Morgan fingerprint density at radius 3 is 2.64 bits per heavy atom. The number of aliphatic imine (C=N–C) groups is 1. The molecule has 1 heterocycles. The van der Waals surface area contributed by atoms with Crippen LogP contribution in [-0.2, 0) is 27.7 Å². The van der Waals surface area contributed by atoms with Gasteiger partial charge in [-0.05, 0) is 70.2 Å². The van der Waals surface area contributed by atoms with Crippen molar-refractivity contribution in [2.75, 3.05) is 7.05 Å². The van der Waals surface area contributed by atoms with Gasteiger partial charge in [-0.15, -0.1) is 0 Å². The van der Waals surface area contributed by atoms with E-state index in [1.807, 2.05) is 6.07 Å². The van der Waals surface area contributed by atoms with Crippen molar-refractivity contribution in [2.24, 2.45) is 10.1 Å². The van der Waals surface area contributed by atoms with Crippen LogP contribution in [0, 0.1) is 9.39 Å². The summed E-state index contributed by atoms with van der Waals surface area (Å²) in [6.07, 6.45) is 1.37. The SMILES string of the molecule is CN=C([S-])N/N=C/c1nc2ccc(I)cc2c(=O)n1-c1ccc(F)cc1.[Cl][Cu+]. The second kappa shape index (κ2) is 10.8. The van der Waals surface area contributed by atoms with Gasteiger partial charge in [0, 0.05) is 10.6 Å². The van der Waals surface area contributed by atoms with Gasteiger partial charge in [-0.25, -0.2) is 9.37 Å². The Hall–Kier alpha value is -1.59. The molecule has 3 rings (SSSR count). The summed E-state index contributed by atoms with van der Waals surface area (Å²) in [7, 11) is 5.74. The number of hydrazone groups is 1. The molecular weight excluding hydrogens is 567 g/mol. The molecule has 1 aromatic heterocycles. The molecule has 0 saturated heterocycles. The predicted octanol–water partition coefficient (Wildman–Crippen LogP) is 3.27. The van der Waals surface area contributed by atoms with Crippen LogP contribution in [0.4, 0.5) is 4.39 Å². The van der Waals surface area contributed by atoms with E-state index in [1.165, 1.54) is 42.1 Å². The van der Waals surface area contributed by atoms with Crippen LogP contribution in [0.2, 0.25) is 0 Å². The maximum atomic E-state index is 13.3. The van der Waals surface area contributed by atoms with E-state index in [4.69, 9.17) is 12.6 Å². The van der Waals surface area contributed by atoms with Crippen LogP contribution in [0.5, 0.6) is 0 Å². The summed E-state index contributed by atoms with van der Waals surface area (Å²) in [6, 6.07) is 11.0. The van der Waals surface area contributed by atoms with Gasteiger partial charge in [-0.2, -0.15) is 5.10 Å². The van der Waals surface area contributed by atoms with E-state index in [-0.39, 0.29) is 16.6 Å². The van der Waals surface area contributed by atoms with E-state index in [1.54, 1.807) is 12.1 Å². The maximum absolute atomic E-state index is 13.3. The third-order valence-electron chi connectivity index (χ3n) is 3.48. The van der Waals surface area contributed by atoms with Crippen LogP contribution >= 0.6 is 32.7 Å². The predicted molar refractivity (Wildman–Crippen MR) is 117 cm³/mol. The summed E-state index contributed by atoms with van der Waals surface area (Å²) >= 11 is 10.7. The second-order valence-electron chi connectivity index (χ2n) is 5.15. The molecule has 6 nitrogen and oxygen atoms in total. The molecule has 0 amide bonds. The van der Waals surface area contributed by atoms with Crippen LogP contribution in [0.1, 0.15) is 5.82 Å². The molecule has 28 heavy (non-hydrogen) atoms. The fourth-order valence-electron chi connectivity index (χ4n) is 2.30. The van der Waals surface area contributed by atoms with E-state index >= 15 is 0 Å². The average Bonchev–Trinajstić information content (AvgIpc) is 2.71. The molecule has 0 saturated carbocycles. The van der Waals surface area contributed by atoms with Gasteiger partial charge in [0.05, 0.1) is 22.8 Å². The molecular formula is C17H12ClCuFIN5OS. The average molecular weight is 579 g/mol. The first kappa shape index (κ1) is 22.7. The van der Waals surface area contributed by atoms with Crippen molar-refractivity contribution in [3.63, 3.8) is 0 Å². The zero-order valence-corrected chi connectivity index (χ0v) is 18.8. The summed E-state index contributed by atoms with van der Waals surface area (Å²) in [6.45, 7) is 0. The molecule has 0 aliphatic rings. The van der Waals surface area contributed by atoms with Crippen molar-refractivity contribution in [3.05, 3.63) is 68.0 Å². The fraction of sp³-hybridized carbons (Fsp3) is 0.0588. The third-order valence-corrected chi connectivity index (χ3v) is 4.43. The number of hydrogen-bond acceptors (Lipinski definition) is 5. The van der Waals surface area contributed by atoms with Gasteiger partial charge in [0.25, 0.3) is 5.56 Å². The van der Waals surface area contributed by atoms with Gasteiger partial charge >= 0.3 is 25.2 Å². The summed E-state index contributed by atoms with van der Waals surface area (Å²) in [5, 5.41) is 4.64. The van der Waals surface area contributed by atoms with Crippen molar-refractivity contribution < 1.29 is 19.5 Å². The monoisotopic (exact) mass is 578 g/mol. The Balaban J connectivity index is 0.00000136. The number of rotatable bonds is 3. The number of aromatic nitrogens is 2. The van der Waals surface area contributed by atoms with Gasteiger partial charge in [-0.1, -0.05) is 0 Å². The number of fused-ring (bicyclic) bond motifs is 1. The molecule has 0 radical (unpaired) electrons. The first-order valence-electron chi connectivity index (χ1n) is 7.52.